The SMILES string of the molecule is CC.Cc1c(N)c(OCC#N)nn1C. The number of anilines is 1. The highest BCUT2D eigenvalue weighted by Gasteiger charge is 2.09. The average molecular weight is 196 g/mol. The van der Waals surface area contributed by atoms with E-state index in [2.05, 4.69) is 5.10 Å². The van der Waals surface area contributed by atoms with Crippen molar-refractivity contribution < 1.29 is 4.74 Å². The van der Waals surface area contributed by atoms with Crippen LogP contribution in [-0.4, -0.2) is 16.4 Å². The molecule has 0 fully saturated rings. The summed E-state index contributed by atoms with van der Waals surface area (Å²) in [6, 6.07) is 1.85. The summed E-state index contributed by atoms with van der Waals surface area (Å²) in [7, 11) is 1.77. The molecule has 0 aliphatic carbocycles. The van der Waals surface area contributed by atoms with Crippen LogP contribution in [0.25, 0.3) is 0 Å². The van der Waals surface area contributed by atoms with Crippen molar-refractivity contribution >= 4 is 5.69 Å². The van der Waals surface area contributed by atoms with Crippen LogP contribution in [0.4, 0.5) is 5.69 Å². The van der Waals surface area contributed by atoms with Crippen LogP contribution in [0.3, 0.4) is 0 Å². The molecular formula is C9H16N4O. The van der Waals surface area contributed by atoms with E-state index in [1.165, 1.54) is 0 Å². The summed E-state index contributed by atoms with van der Waals surface area (Å²) in [5, 5.41) is 12.2. The second-order valence-electron chi connectivity index (χ2n) is 2.37. The van der Waals surface area contributed by atoms with Gasteiger partial charge in [-0.15, -0.1) is 5.10 Å². The van der Waals surface area contributed by atoms with Gasteiger partial charge >= 0.3 is 0 Å². The lowest BCUT2D eigenvalue weighted by atomic mass is 10.4. The van der Waals surface area contributed by atoms with Crippen LogP contribution in [0.5, 0.6) is 5.88 Å². The fourth-order valence-electron chi connectivity index (χ4n) is 0.801. The molecule has 1 heterocycles. The number of nitriles is 1. The van der Waals surface area contributed by atoms with Gasteiger partial charge in [0.25, 0.3) is 5.88 Å². The Morgan fingerprint density at radius 1 is 1.57 bits per heavy atom. The van der Waals surface area contributed by atoms with E-state index in [4.69, 9.17) is 15.7 Å². The summed E-state index contributed by atoms with van der Waals surface area (Å²) in [6.45, 7) is 5.81. The normalized spacial score (nSPS) is 8.50. The maximum atomic E-state index is 8.24. The first-order valence-corrected chi connectivity index (χ1v) is 4.45. The summed E-state index contributed by atoms with van der Waals surface area (Å²) in [4.78, 5) is 0. The van der Waals surface area contributed by atoms with Gasteiger partial charge in [0, 0.05) is 7.05 Å². The molecule has 0 aromatic carbocycles. The predicted octanol–water partition coefficient (Wildman–Crippen LogP) is 1.24. The van der Waals surface area contributed by atoms with Crippen LogP contribution in [0.15, 0.2) is 0 Å². The maximum Gasteiger partial charge on any atom is 0.257 e. The number of nitrogens with zero attached hydrogens (tertiary/aromatic N) is 3. The second kappa shape index (κ2) is 5.86. The summed E-state index contributed by atoms with van der Waals surface area (Å²) in [6.07, 6.45) is 0. The standard InChI is InChI=1S/C7H10N4O.C2H6/c1-5-6(9)7(10-11(5)2)12-4-3-8;1-2/h4,9H2,1-2H3;1-2H3. The van der Waals surface area contributed by atoms with Crippen molar-refractivity contribution in [1.82, 2.24) is 9.78 Å². The third-order valence-electron chi connectivity index (χ3n) is 1.62. The number of rotatable bonds is 2. The lowest BCUT2D eigenvalue weighted by Gasteiger charge is -1.95. The molecular weight excluding hydrogens is 180 g/mol. The zero-order chi connectivity index (χ0) is 11.1. The number of aryl methyl sites for hydroxylation is 1. The molecule has 1 aromatic rings. The monoisotopic (exact) mass is 196 g/mol. The topological polar surface area (TPSA) is 76.9 Å². The van der Waals surface area contributed by atoms with Crippen LogP contribution in [0.1, 0.15) is 19.5 Å². The molecule has 5 nitrogen and oxygen atoms in total. The molecule has 0 bridgehead atoms. The molecule has 0 spiro atoms. The van der Waals surface area contributed by atoms with Crippen molar-refractivity contribution in [2.75, 3.05) is 12.3 Å². The van der Waals surface area contributed by atoms with E-state index in [-0.39, 0.29) is 6.61 Å². The van der Waals surface area contributed by atoms with Gasteiger partial charge in [-0.3, -0.25) is 4.68 Å². The lowest BCUT2D eigenvalue weighted by Crippen LogP contribution is -1.97. The largest absolute Gasteiger partial charge is 0.460 e. The van der Waals surface area contributed by atoms with Crippen LogP contribution in [-0.2, 0) is 7.05 Å². The molecule has 0 atom stereocenters. The highest BCUT2D eigenvalue weighted by molar-refractivity contribution is 5.52. The Hall–Kier alpha value is -1.70. The number of nitrogens with two attached hydrogens (primary N) is 1. The van der Waals surface area contributed by atoms with Crippen LogP contribution >= 0.6 is 0 Å². The van der Waals surface area contributed by atoms with Crippen molar-refractivity contribution in [1.29, 1.82) is 5.26 Å². The third kappa shape index (κ3) is 2.66. The second-order valence-corrected chi connectivity index (χ2v) is 2.37. The molecule has 0 aliphatic rings. The van der Waals surface area contributed by atoms with Gasteiger partial charge in [-0.2, -0.15) is 5.26 Å². The average Bonchev–Trinajstić information content (AvgIpc) is 2.46. The summed E-state index contributed by atoms with van der Waals surface area (Å²) in [5.74, 6) is 0.330. The molecule has 1 aromatic heterocycles. The summed E-state index contributed by atoms with van der Waals surface area (Å²) < 4.78 is 6.58. The van der Waals surface area contributed by atoms with E-state index in [0.717, 1.165) is 5.69 Å². The highest BCUT2D eigenvalue weighted by Crippen LogP contribution is 2.22. The molecule has 5 heteroatoms. The van der Waals surface area contributed by atoms with Crippen LogP contribution in [0, 0.1) is 18.3 Å². The summed E-state index contributed by atoms with van der Waals surface area (Å²) in [5.41, 5.74) is 6.96. The predicted molar refractivity (Wildman–Crippen MR) is 54.8 cm³/mol. The fraction of sp³-hybridized carbons (Fsp3) is 0.556. The van der Waals surface area contributed by atoms with Crippen molar-refractivity contribution in [3.63, 3.8) is 0 Å². The minimum absolute atomic E-state index is 0.0271. The molecule has 0 unspecified atom stereocenters. The Labute approximate surface area is 84.1 Å². The van der Waals surface area contributed by atoms with E-state index < -0.39 is 0 Å². The molecule has 1 rings (SSSR count). The minimum atomic E-state index is -0.0271. The lowest BCUT2D eigenvalue weighted by molar-refractivity contribution is 0.350. The molecule has 14 heavy (non-hydrogen) atoms. The molecule has 0 saturated carbocycles. The van der Waals surface area contributed by atoms with Gasteiger partial charge in [-0.1, -0.05) is 13.8 Å². The van der Waals surface area contributed by atoms with E-state index >= 15 is 0 Å². The first-order chi connectivity index (χ1) is 6.66. The van der Waals surface area contributed by atoms with E-state index in [9.17, 15) is 0 Å². The molecule has 0 radical (unpaired) electrons. The Morgan fingerprint density at radius 3 is 2.50 bits per heavy atom. The van der Waals surface area contributed by atoms with Gasteiger partial charge in [0.2, 0.25) is 0 Å². The molecule has 0 saturated heterocycles. The van der Waals surface area contributed by atoms with E-state index in [1.54, 1.807) is 11.7 Å². The Morgan fingerprint density at radius 2 is 2.14 bits per heavy atom. The number of ether oxygens (including phenoxy) is 1. The van der Waals surface area contributed by atoms with Crippen LogP contribution < -0.4 is 10.5 Å². The Kier molecular flexibility index (Phi) is 5.15. The summed E-state index contributed by atoms with van der Waals surface area (Å²) >= 11 is 0. The van der Waals surface area contributed by atoms with Gasteiger partial charge in [0.15, 0.2) is 6.61 Å². The molecule has 0 amide bonds. The van der Waals surface area contributed by atoms with Crippen molar-refractivity contribution in [2.45, 2.75) is 20.8 Å². The quantitative estimate of drug-likeness (QED) is 0.772. The third-order valence-corrected chi connectivity index (χ3v) is 1.62. The van der Waals surface area contributed by atoms with Crippen molar-refractivity contribution in [2.24, 2.45) is 7.05 Å². The van der Waals surface area contributed by atoms with Gasteiger partial charge in [-0.25, -0.2) is 0 Å². The van der Waals surface area contributed by atoms with Gasteiger partial charge in [-0.05, 0) is 6.92 Å². The molecule has 0 aliphatic heterocycles. The van der Waals surface area contributed by atoms with Crippen molar-refractivity contribution in [3.05, 3.63) is 5.69 Å². The zero-order valence-electron chi connectivity index (χ0n) is 9.03. The highest BCUT2D eigenvalue weighted by atomic mass is 16.5. The van der Waals surface area contributed by atoms with Gasteiger partial charge < -0.3 is 10.5 Å². The molecule has 78 valence electrons. The smallest absolute Gasteiger partial charge is 0.257 e. The maximum absolute atomic E-state index is 8.24. The van der Waals surface area contributed by atoms with Gasteiger partial charge in [0.05, 0.1) is 5.69 Å². The van der Waals surface area contributed by atoms with E-state index in [1.807, 2.05) is 26.8 Å². The first-order valence-electron chi connectivity index (χ1n) is 4.45. The van der Waals surface area contributed by atoms with Crippen molar-refractivity contribution in [3.8, 4) is 11.9 Å². The van der Waals surface area contributed by atoms with E-state index in [0.29, 0.717) is 11.6 Å². The number of hydrogen-bond acceptors (Lipinski definition) is 4. The Bertz CT molecular complexity index is 324. The Balaban J connectivity index is 0.000000791. The zero-order valence-corrected chi connectivity index (χ0v) is 9.03. The number of hydrogen-bond donors (Lipinski definition) is 1. The minimum Gasteiger partial charge on any atom is -0.460 e. The fourth-order valence-corrected chi connectivity index (χ4v) is 0.801. The number of aromatic nitrogens is 2. The number of nitrogen functional groups attached to an aromatic ring is 1. The van der Waals surface area contributed by atoms with Gasteiger partial charge in [0.1, 0.15) is 11.8 Å². The van der Waals surface area contributed by atoms with Crippen LogP contribution in [0.2, 0.25) is 0 Å². The molecule has 2 N–H and O–H groups in total. The first kappa shape index (κ1) is 12.3.